The van der Waals surface area contributed by atoms with Gasteiger partial charge in [0, 0.05) is 17.8 Å². The van der Waals surface area contributed by atoms with Crippen LogP contribution in [0.2, 0.25) is 0 Å². The molecule has 0 aliphatic rings. The minimum atomic E-state index is -0.555. The fraction of sp³-hybridized carbons (Fsp3) is 0.263. The van der Waals surface area contributed by atoms with Crippen molar-refractivity contribution in [2.75, 3.05) is 17.3 Å². The van der Waals surface area contributed by atoms with Gasteiger partial charge in [0.05, 0.1) is 6.04 Å². The SMILES string of the molecule is CSCC[C@H](N)C(=O)Nc1ccc(C(=O)NCc2ccc(F)cc2)cc1.Cl. The topological polar surface area (TPSA) is 84.2 Å². The smallest absolute Gasteiger partial charge is 0.251 e. The van der Waals surface area contributed by atoms with Crippen molar-refractivity contribution in [1.82, 2.24) is 5.32 Å². The minimum absolute atomic E-state index is 0. The molecule has 0 saturated heterocycles. The number of nitrogens with two attached hydrogens (primary N) is 1. The summed E-state index contributed by atoms with van der Waals surface area (Å²) in [6, 6.07) is 12.0. The molecule has 0 radical (unpaired) electrons. The van der Waals surface area contributed by atoms with Gasteiger partial charge in [0.1, 0.15) is 5.82 Å². The first-order valence-electron chi connectivity index (χ1n) is 8.17. The highest BCUT2D eigenvalue weighted by molar-refractivity contribution is 7.98. The van der Waals surface area contributed by atoms with E-state index in [2.05, 4.69) is 10.6 Å². The summed E-state index contributed by atoms with van der Waals surface area (Å²) in [4.78, 5) is 24.1. The molecule has 2 amide bonds. The monoisotopic (exact) mass is 411 g/mol. The summed E-state index contributed by atoms with van der Waals surface area (Å²) in [5.74, 6) is 0.0178. The highest BCUT2D eigenvalue weighted by Gasteiger charge is 2.13. The summed E-state index contributed by atoms with van der Waals surface area (Å²) in [5.41, 5.74) is 7.69. The van der Waals surface area contributed by atoms with Crippen molar-refractivity contribution in [3.8, 4) is 0 Å². The third kappa shape index (κ3) is 7.58. The zero-order valence-corrected chi connectivity index (χ0v) is 16.5. The van der Waals surface area contributed by atoms with Crippen molar-refractivity contribution in [2.24, 2.45) is 5.73 Å². The number of carbonyl (C=O) groups is 2. The van der Waals surface area contributed by atoms with E-state index in [9.17, 15) is 14.0 Å². The first kappa shape index (κ1) is 23.0. The first-order valence-corrected chi connectivity index (χ1v) is 9.57. The van der Waals surface area contributed by atoms with Crippen LogP contribution < -0.4 is 16.4 Å². The zero-order chi connectivity index (χ0) is 18.9. The van der Waals surface area contributed by atoms with Crippen molar-refractivity contribution >= 4 is 41.7 Å². The lowest BCUT2D eigenvalue weighted by Gasteiger charge is -2.12. The van der Waals surface area contributed by atoms with Gasteiger partial charge in [-0.3, -0.25) is 9.59 Å². The highest BCUT2D eigenvalue weighted by Crippen LogP contribution is 2.11. The number of nitrogens with one attached hydrogen (secondary N) is 2. The lowest BCUT2D eigenvalue weighted by molar-refractivity contribution is -0.117. The van der Waals surface area contributed by atoms with Crippen LogP contribution in [0.3, 0.4) is 0 Å². The fourth-order valence-electron chi connectivity index (χ4n) is 2.20. The maximum Gasteiger partial charge on any atom is 0.251 e. The van der Waals surface area contributed by atoms with Crippen LogP contribution in [0.5, 0.6) is 0 Å². The number of halogens is 2. The standard InChI is InChI=1S/C19H22FN3O2S.ClH/c1-26-11-10-17(21)19(25)23-16-8-4-14(5-9-16)18(24)22-12-13-2-6-15(20)7-3-13;/h2-9,17H,10-12,21H2,1H3,(H,22,24)(H,23,25);1H/t17-;/m0./s1. The molecule has 0 saturated carbocycles. The van der Waals surface area contributed by atoms with E-state index >= 15 is 0 Å². The van der Waals surface area contributed by atoms with Crippen LogP contribution >= 0.6 is 24.2 Å². The number of anilines is 1. The van der Waals surface area contributed by atoms with Gasteiger partial charge in [-0.25, -0.2) is 4.39 Å². The number of benzene rings is 2. The summed E-state index contributed by atoms with van der Waals surface area (Å²) >= 11 is 1.64. The molecule has 0 aromatic heterocycles. The van der Waals surface area contributed by atoms with E-state index < -0.39 is 6.04 Å². The molecule has 2 aromatic rings. The molecular formula is C19H23ClFN3O2S. The average molecular weight is 412 g/mol. The van der Waals surface area contributed by atoms with Crippen LogP contribution in [0.15, 0.2) is 48.5 Å². The molecule has 0 fully saturated rings. The van der Waals surface area contributed by atoms with E-state index in [0.29, 0.717) is 24.2 Å². The van der Waals surface area contributed by atoms with Gasteiger partial charge in [-0.05, 0) is 60.4 Å². The third-order valence-corrected chi connectivity index (χ3v) is 4.39. The molecule has 4 N–H and O–H groups in total. The van der Waals surface area contributed by atoms with Crippen LogP contribution in [0.25, 0.3) is 0 Å². The molecule has 0 unspecified atom stereocenters. The van der Waals surface area contributed by atoms with Crippen molar-refractivity contribution in [3.05, 3.63) is 65.5 Å². The van der Waals surface area contributed by atoms with Gasteiger partial charge >= 0.3 is 0 Å². The quantitative estimate of drug-likeness (QED) is 0.622. The fourth-order valence-corrected chi connectivity index (χ4v) is 2.69. The molecule has 0 heterocycles. The van der Waals surface area contributed by atoms with Crippen molar-refractivity contribution in [1.29, 1.82) is 0 Å². The lowest BCUT2D eigenvalue weighted by Crippen LogP contribution is -2.36. The Bertz CT molecular complexity index is 742. The summed E-state index contributed by atoms with van der Waals surface area (Å²) in [6.07, 6.45) is 2.57. The van der Waals surface area contributed by atoms with Gasteiger partial charge in [-0.15, -0.1) is 12.4 Å². The van der Waals surface area contributed by atoms with Gasteiger partial charge < -0.3 is 16.4 Å². The molecule has 1 atom stereocenters. The largest absolute Gasteiger partial charge is 0.348 e. The Kier molecular flexibility index (Phi) is 9.85. The second-order valence-electron chi connectivity index (χ2n) is 5.76. The van der Waals surface area contributed by atoms with Crippen LogP contribution in [-0.2, 0) is 11.3 Å². The average Bonchev–Trinajstić information content (AvgIpc) is 2.66. The van der Waals surface area contributed by atoms with Gasteiger partial charge in [-0.2, -0.15) is 11.8 Å². The van der Waals surface area contributed by atoms with Crippen molar-refractivity contribution in [2.45, 2.75) is 19.0 Å². The Morgan fingerprint density at radius 2 is 1.74 bits per heavy atom. The minimum Gasteiger partial charge on any atom is -0.348 e. The number of rotatable bonds is 8. The Hall–Kier alpha value is -2.09. The van der Waals surface area contributed by atoms with E-state index in [1.165, 1.54) is 12.1 Å². The maximum atomic E-state index is 12.9. The highest BCUT2D eigenvalue weighted by atomic mass is 35.5. The van der Waals surface area contributed by atoms with E-state index in [0.717, 1.165) is 11.3 Å². The Labute approximate surface area is 168 Å². The van der Waals surface area contributed by atoms with Gasteiger partial charge in [0.15, 0.2) is 0 Å². The maximum absolute atomic E-state index is 12.9. The molecule has 146 valence electrons. The van der Waals surface area contributed by atoms with Crippen LogP contribution in [0.1, 0.15) is 22.3 Å². The molecule has 2 aromatic carbocycles. The van der Waals surface area contributed by atoms with Crippen LogP contribution in [-0.4, -0.2) is 29.9 Å². The molecule has 5 nitrogen and oxygen atoms in total. The molecule has 27 heavy (non-hydrogen) atoms. The molecule has 2 rings (SSSR count). The third-order valence-electron chi connectivity index (χ3n) is 3.75. The normalized spacial score (nSPS) is 11.2. The Morgan fingerprint density at radius 1 is 1.11 bits per heavy atom. The summed E-state index contributed by atoms with van der Waals surface area (Å²) in [7, 11) is 0. The summed E-state index contributed by atoms with van der Waals surface area (Å²) in [5, 5.41) is 5.50. The molecule has 0 aliphatic carbocycles. The Morgan fingerprint density at radius 3 is 2.33 bits per heavy atom. The zero-order valence-electron chi connectivity index (χ0n) is 14.9. The summed E-state index contributed by atoms with van der Waals surface area (Å²) < 4.78 is 12.9. The molecule has 0 aliphatic heterocycles. The van der Waals surface area contributed by atoms with E-state index in [1.54, 1.807) is 48.2 Å². The second-order valence-corrected chi connectivity index (χ2v) is 6.75. The van der Waals surface area contributed by atoms with Crippen LogP contribution in [0, 0.1) is 5.82 Å². The molecule has 0 spiro atoms. The molecule has 0 bridgehead atoms. The number of thioether (sulfide) groups is 1. The number of hydrogen-bond donors (Lipinski definition) is 3. The van der Waals surface area contributed by atoms with E-state index in [-0.39, 0.29) is 30.0 Å². The predicted octanol–water partition coefficient (Wildman–Crippen LogP) is 3.20. The van der Waals surface area contributed by atoms with Gasteiger partial charge in [0.25, 0.3) is 5.91 Å². The van der Waals surface area contributed by atoms with Gasteiger partial charge in [-0.1, -0.05) is 12.1 Å². The van der Waals surface area contributed by atoms with Crippen molar-refractivity contribution < 1.29 is 14.0 Å². The van der Waals surface area contributed by atoms with Crippen molar-refractivity contribution in [3.63, 3.8) is 0 Å². The molecular weight excluding hydrogens is 389 g/mol. The number of amides is 2. The first-order chi connectivity index (χ1) is 12.5. The predicted molar refractivity (Wildman–Crippen MR) is 111 cm³/mol. The second kappa shape index (κ2) is 11.6. The number of hydrogen-bond acceptors (Lipinski definition) is 4. The summed E-state index contributed by atoms with van der Waals surface area (Å²) in [6.45, 7) is 0.307. The lowest BCUT2D eigenvalue weighted by atomic mass is 10.1. The van der Waals surface area contributed by atoms with Gasteiger partial charge in [0.2, 0.25) is 5.91 Å². The van der Waals surface area contributed by atoms with E-state index in [4.69, 9.17) is 5.73 Å². The number of carbonyl (C=O) groups excluding carboxylic acids is 2. The van der Waals surface area contributed by atoms with E-state index in [1.807, 2.05) is 6.26 Å². The molecule has 8 heteroatoms. The Balaban J connectivity index is 0.00000364. The van der Waals surface area contributed by atoms with Crippen LogP contribution in [0.4, 0.5) is 10.1 Å².